The van der Waals surface area contributed by atoms with E-state index in [9.17, 15) is 15.3 Å². The predicted molar refractivity (Wildman–Crippen MR) is 152 cm³/mol. The highest BCUT2D eigenvalue weighted by Gasteiger charge is 2.50. The minimum atomic E-state index is -0.612. The Kier molecular flexibility index (Phi) is 10.9. The Bertz CT molecular complexity index is 774. The van der Waals surface area contributed by atoms with Gasteiger partial charge in [0, 0.05) is 6.42 Å². The van der Waals surface area contributed by atoms with Gasteiger partial charge in [0.2, 0.25) is 0 Å². The number of aliphatic hydroxyl groups excluding tert-OH is 2. The third-order valence-electron chi connectivity index (χ3n) is 10.2. The van der Waals surface area contributed by atoms with Gasteiger partial charge in [-0.25, -0.2) is 0 Å². The Hall–Kier alpha value is -0.900. The van der Waals surface area contributed by atoms with E-state index < -0.39 is 17.8 Å². The first kappa shape index (κ1) is 29.7. The van der Waals surface area contributed by atoms with Crippen molar-refractivity contribution in [1.82, 2.24) is 0 Å². The summed E-state index contributed by atoms with van der Waals surface area (Å²) in [6.07, 6.45) is 20.9. The van der Waals surface area contributed by atoms with E-state index in [0.717, 1.165) is 61.5 Å². The largest absolute Gasteiger partial charge is 0.393 e. The molecular weight excluding hydrogens is 444 g/mol. The van der Waals surface area contributed by atoms with Crippen LogP contribution in [0.15, 0.2) is 35.5 Å². The molecule has 0 bridgehead atoms. The minimum Gasteiger partial charge on any atom is -0.393 e. The molecule has 3 N–H and O–H groups in total. The van der Waals surface area contributed by atoms with Gasteiger partial charge in [-0.05, 0) is 92.1 Å². The van der Waals surface area contributed by atoms with E-state index in [4.69, 9.17) is 0 Å². The van der Waals surface area contributed by atoms with Crippen molar-refractivity contribution in [2.24, 2.45) is 23.2 Å². The maximum atomic E-state index is 10.9. The zero-order valence-electron chi connectivity index (χ0n) is 23.9. The molecular formula is C33H56O3. The molecule has 0 aromatic heterocycles. The number of aliphatic hydroxyl groups is 3. The van der Waals surface area contributed by atoms with Gasteiger partial charge in [-0.15, -0.1) is 0 Å². The molecule has 0 aromatic carbocycles. The van der Waals surface area contributed by atoms with Crippen molar-refractivity contribution in [2.75, 3.05) is 0 Å². The molecule has 0 heterocycles. The first-order chi connectivity index (χ1) is 17.1. The second-order valence-electron chi connectivity index (χ2n) is 13.0. The van der Waals surface area contributed by atoms with Gasteiger partial charge in [0.05, 0.1) is 17.8 Å². The molecule has 0 aromatic rings. The average molecular weight is 501 g/mol. The molecule has 36 heavy (non-hydrogen) atoms. The number of hydrogen-bond donors (Lipinski definition) is 3. The van der Waals surface area contributed by atoms with Gasteiger partial charge in [-0.3, -0.25) is 0 Å². The van der Waals surface area contributed by atoms with Gasteiger partial charge in [0.1, 0.15) is 0 Å². The molecule has 3 heteroatoms. The summed E-state index contributed by atoms with van der Waals surface area (Å²) in [7, 11) is 0. The second kappa shape index (κ2) is 13.3. The van der Waals surface area contributed by atoms with Crippen LogP contribution in [0.3, 0.4) is 0 Å². The van der Waals surface area contributed by atoms with E-state index in [1.807, 2.05) is 0 Å². The highest BCUT2D eigenvalue weighted by molar-refractivity contribution is 5.38. The van der Waals surface area contributed by atoms with E-state index in [2.05, 4.69) is 46.4 Å². The summed E-state index contributed by atoms with van der Waals surface area (Å²) in [5.74, 6) is 2.22. The van der Waals surface area contributed by atoms with E-state index in [1.165, 1.54) is 51.4 Å². The third kappa shape index (κ3) is 7.14. The molecule has 3 nitrogen and oxygen atoms in total. The fraction of sp³-hybridized carbons (Fsp3) is 0.818. The Morgan fingerprint density at radius 3 is 2.47 bits per heavy atom. The number of allylic oxidation sites excluding steroid dienone is 3. The average Bonchev–Trinajstić information content (AvgIpc) is 3.18. The van der Waals surface area contributed by atoms with Crippen LogP contribution in [0.2, 0.25) is 0 Å². The molecule has 0 amide bonds. The second-order valence-corrected chi connectivity index (χ2v) is 13.0. The fourth-order valence-electron chi connectivity index (χ4n) is 8.28. The summed E-state index contributed by atoms with van der Waals surface area (Å²) in [5.41, 5.74) is 3.36. The van der Waals surface area contributed by atoms with Crippen LogP contribution < -0.4 is 0 Å². The van der Waals surface area contributed by atoms with Gasteiger partial charge in [-0.1, -0.05) is 90.5 Å². The molecule has 3 fully saturated rings. The zero-order chi connectivity index (χ0) is 26.3. The molecule has 3 rings (SSSR count). The SMILES string of the molecule is C=C1/C(=C\C=C2/CCC[C@]3(C)[C@@H]([C@H](C)CCCCCC(O)(CCC)CCC)CC[C@@H]23)C[C@@H](O)C[C@@H]1O. The number of fused-ring (bicyclic) bond motifs is 1. The first-order valence-electron chi connectivity index (χ1n) is 15.3. The van der Waals surface area contributed by atoms with Crippen LogP contribution in [-0.2, 0) is 0 Å². The predicted octanol–water partition coefficient (Wildman–Crippen LogP) is 8.05. The summed E-state index contributed by atoms with van der Waals surface area (Å²) < 4.78 is 0. The zero-order valence-corrected chi connectivity index (χ0v) is 23.9. The lowest BCUT2D eigenvalue weighted by molar-refractivity contribution is 0.0103. The summed E-state index contributed by atoms with van der Waals surface area (Å²) >= 11 is 0. The summed E-state index contributed by atoms with van der Waals surface area (Å²) in [5, 5.41) is 31.2. The summed E-state index contributed by atoms with van der Waals surface area (Å²) in [6, 6.07) is 0. The van der Waals surface area contributed by atoms with Crippen LogP contribution in [0, 0.1) is 23.2 Å². The highest BCUT2D eigenvalue weighted by atomic mass is 16.3. The number of rotatable bonds is 12. The van der Waals surface area contributed by atoms with Crippen LogP contribution in [-0.4, -0.2) is 33.1 Å². The van der Waals surface area contributed by atoms with Crippen molar-refractivity contribution in [3.8, 4) is 0 Å². The third-order valence-corrected chi connectivity index (χ3v) is 10.2. The van der Waals surface area contributed by atoms with Gasteiger partial charge < -0.3 is 15.3 Å². The Morgan fingerprint density at radius 2 is 1.78 bits per heavy atom. The molecule has 0 unspecified atom stereocenters. The van der Waals surface area contributed by atoms with Crippen molar-refractivity contribution in [3.63, 3.8) is 0 Å². The van der Waals surface area contributed by atoms with E-state index >= 15 is 0 Å². The monoisotopic (exact) mass is 500 g/mol. The van der Waals surface area contributed by atoms with Gasteiger partial charge >= 0.3 is 0 Å². The highest BCUT2D eigenvalue weighted by Crippen LogP contribution is 2.60. The van der Waals surface area contributed by atoms with Crippen molar-refractivity contribution in [3.05, 3.63) is 35.5 Å². The molecule has 206 valence electrons. The van der Waals surface area contributed by atoms with Crippen molar-refractivity contribution < 1.29 is 15.3 Å². The van der Waals surface area contributed by atoms with E-state index in [-0.39, 0.29) is 0 Å². The topological polar surface area (TPSA) is 60.7 Å². The quantitative estimate of drug-likeness (QED) is 0.238. The maximum Gasteiger partial charge on any atom is 0.0811 e. The standard InChI is InChI=1S/C33H56O3/c1-6-18-33(36,19-7-2)21-10-8-9-12-24(3)29-16-17-30-26(13-11-20-32(29,30)5)14-15-27-22-28(34)23-31(35)25(27)4/h14-15,24,28-31,34-36H,4,6-13,16-23H2,1-3,5H3/b26-14+,27-15-/t24-,28-,29-,30+,31+,32-/m1/s1. The number of hydrogen-bond acceptors (Lipinski definition) is 3. The van der Waals surface area contributed by atoms with Crippen LogP contribution in [0.5, 0.6) is 0 Å². The molecule has 0 radical (unpaired) electrons. The van der Waals surface area contributed by atoms with Crippen LogP contribution >= 0.6 is 0 Å². The maximum absolute atomic E-state index is 10.9. The molecule has 6 atom stereocenters. The van der Waals surface area contributed by atoms with Crippen molar-refractivity contribution in [2.45, 2.75) is 148 Å². The van der Waals surface area contributed by atoms with Crippen LogP contribution in [0.1, 0.15) is 130 Å². The lowest BCUT2D eigenvalue weighted by Crippen LogP contribution is -2.36. The van der Waals surface area contributed by atoms with Crippen LogP contribution in [0.25, 0.3) is 0 Å². The van der Waals surface area contributed by atoms with E-state index in [0.29, 0.717) is 24.2 Å². The molecule has 3 aliphatic rings. The number of unbranched alkanes of at least 4 members (excludes halogenated alkanes) is 2. The molecule has 0 saturated heterocycles. The molecule has 3 aliphatic carbocycles. The van der Waals surface area contributed by atoms with Crippen molar-refractivity contribution in [1.29, 1.82) is 0 Å². The van der Waals surface area contributed by atoms with Crippen molar-refractivity contribution >= 4 is 0 Å². The smallest absolute Gasteiger partial charge is 0.0811 e. The van der Waals surface area contributed by atoms with Crippen LogP contribution in [0.4, 0.5) is 0 Å². The normalized spacial score (nSPS) is 34.4. The summed E-state index contributed by atoms with van der Waals surface area (Å²) in [4.78, 5) is 0. The lowest BCUT2D eigenvalue weighted by atomic mass is 9.60. The molecule has 0 spiro atoms. The molecule has 0 aliphatic heterocycles. The van der Waals surface area contributed by atoms with Gasteiger partial charge in [0.25, 0.3) is 0 Å². The van der Waals surface area contributed by atoms with E-state index in [1.54, 1.807) is 5.57 Å². The Labute approximate surface area is 222 Å². The summed E-state index contributed by atoms with van der Waals surface area (Å²) in [6.45, 7) is 13.5. The van der Waals surface area contributed by atoms with Gasteiger partial charge in [0.15, 0.2) is 0 Å². The fourth-order valence-corrected chi connectivity index (χ4v) is 8.28. The minimum absolute atomic E-state index is 0.396. The molecule has 3 saturated carbocycles. The Morgan fingerprint density at radius 1 is 1.06 bits per heavy atom. The lowest BCUT2D eigenvalue weighted by Gasteiger charge is -2.44. The first-order valence-corrected chi connectivity index (χ1v) is 15.3. The Balaban J connectivity index is 1.55. The van der Waals surface area contributed by atoms with Gasteiger partial charge in [-0.2, -0.15) is 0 Å².